The van der Waals surface area contributed by atoms with Gasteiger partial charge in [-0.05, 0) is 36.8 Å². The number of aryl methyl sites for hydroxylation is 1. The maximum absolute atomic E-state index is 12.1. The first-order valence-corrected chi connectivity index (χ1v) is 6.98. The highest BCUT2D eigenvalue weighted by Gasteiger charge is 2.41. The highest BCUT2D eigenvalue weighted by molar-refractivity contribution is 7.99. The molecule has 0 saturated carbocycles. The number of rotatable bonds is 3. The third kappa shape index (κ3) is 2.38. The number of hydrogen-bond donors (Lipinski definition) is 3. The minimum Gasteiger partial charge on any atom is -0.480 e. The third-order valence-electron chi connectivity index (χ3n) is 3.31. The summed E-state index contributed by atoms with van der Waals surface area (Å²) in [6.07, 6.45) is 4.27. The molecule has 1 aromatic rings. The molecule has 6 heteroatoms. The van der Waals surface area contributed by atoms with Crippen molar-refractivity contribution < 1.29 is 14.7 Å². The summed E-state index contributed by atoms with van der Waals surface area (Å²) in [4.78, 5) is 26.4. The second-order valence-corrected chi connectivity index (χ2v) is 5.73. The van der Waals surface area contributed by atoms with Crippen molar-refractivity contribution in [3.63, 3.8) is 0 Å². The first-order valence-electron chi connectivity index (χ1n) is 5.82. The number of aromatic amines is 1. The Balaban J connectivity index is 2.17. The molecule has 1 aliphatic rings. The maximum Gasteiger partial charge on any atom is 0.329 e. The first-order chi connectivity index (χ1) is 8.55. The zero-order valence-electron chi connectivity index (χ0n) is 10.2. The van der Waals surface area contributed by atoms with E-state index in [1.807, 2.05) is 6.92 Å². The SMILES string of the molecule is Cc1c[nH]cc1C(=O)NC1(C(=O)O)CCSCC1. The van der Waals surface area contributed by atoms with Gasteiger partial charge in [0.1, 0.15) is 5.54 Å². The molecule has 2 heterocycles. The highest BCUT2D eigenvalue weighted by atomic mass is 32.2. The number of nitrogens with one attached hydrogen (secondary N) is 2. The number of aromatic nitrogens is 1. The van der Waals surface area contributed by atoms with Crippen molar-refractivity contribution in [2.24, 2.45) is 0 Å². The first kappa shape index (κ1) is 13.0. The molecule has 3 N–H and O–H groups in total. The van der Waals surface area contributed by atoms with Crippen molar-refractivity contribution in [3.05, 3.63) is 23.5 Å². The van der Waals surface area contributed by atoms with Crippen LogP contribution in [0.5, 0.6) is 0 Å². The zero-order valence-corrected chi connectivity index (χ0v) is 11.0. The lowest BCUT2D eigenvalue weighted by molar-refractivity contribution is -0.144. The van der Waals surface area contributed by atoms with Crippen LogP contribution < -0.4 is 5.32 Å². The molecule has 1 aromatic heterocycles. The Labute approximate surface area is 109 Å². The largest absolute Gasteiger partial charge is 0.480 e. The summed E-state index contributed by atoms with van der Waals surface area (Å²) in [7, 11) is 0. The van der Waals surface area contributed by atoms with Crippen LogP contribution in [0.2, 0.25) is 0 Å². The molecule has 1 fully saturated rings. The van der Waals surface area contributed by atoms with Gasteiger partial charge in [0.25, 0.3) is 5.91 Å². The van der Waals surface area contributed by atoms with Crippen molar-refractivity contribution in [3.8, 4) is 0 Å². The average Bonchev–Trinajstić information content (AvgIpc) is 2.76. The number of aliphatic carboxylic acids is 1. The van der Waals surface area contributed by atoms with Gasteiger partial charge < -0.3 is 15.4 Å². The minimum atomic E-state index is -1.11. The van der Waals surface area contributed by atoms with Crippen molar-refractivity contribution in [1.82, 2.24) is 10.3 Å². The topological polar surface area (TPSA) is 82.2 Å². The van der Waals surface area contributed by atoms with E-state index in [0.29, 0.717) is 18.4 Å². The molecule has 0 bridgehead atoms. The number of carboxylic acid groups (broad SMARTS) is 1. The summed E-state index contributed by atoms with van der Waals surface area (Å²) in [5, 5.41) is 12.1. The molecule has 1 amide bonds. The van der Waals surface area contributed by atoms with E-state index in [9.17, 15) is 14.7 Å². The van der Waals surface area contributed by atoms with Crippen LogP contribution in [0.1, 0.15) is 28.8 Å². The number of H-pyrrole nitrogens is 1. The smallest absolute Gasteiger partial charge is 0.329 e. The molecule has 0 spiro atoms. The van der Waals surface area contributed by atoms with Crippen molar-refractivity contribution in [2.45, 2.75) is 25.3 Å². The van der Waals surface area contributed by atoms with Crippen LogP contribution in [0.4, 0.5) is 0 Å². The Morgan fingerprint density at radius 1 is 1.39 bits per heavy atom. The standard InChI is InChI=1S/C12H16N2O3S/c1-8-6-13-7-9(8)10(15)14-12(11(16)17)2-4-18-5-3-12/h6-7,13H,2-5H2,1H3,(H,14,15)(H,16,17). The fourth-order valence-electron chi connectivity index (χ4n) is 2.08. The van der Waals surface area contributed by atoms with Crippen LogP contribution in [0.15, 0.2) is 12.4 Å². The summed E-state index contributed by atoms with van der Waals surface area (Å²) in [6.45, 7) is 1.82. The highest BCUT2D eigenvalue weighted by Crippen LogP contribution is 2.28. The lowest BCUT2D eigenvalue weighted by Crippen LogP contribution is -2.56. The van der Waals surface area contributed by atoms with E-state index in [2.05, 4.69) is 10.3 Å². The van der Waals surface area contributed by atoms with Gasteiger partial charge >= 0.3 is 5.97 Å². The predicted octanol–water partition coefficient (Wildman–Crippen LogP) is 1.40. The molecule has 18 heavy (non-hydrogen) atoms. The Morgan fingerprint density at radius 3 is 2.56 bits per heavy atom. The summed E-state index contributed by atoms with van der Waals surface area (Å²) in [5.74, 6) is 0.268. The molecule has 2 rings (SSSR count). The van der Waals surface area contributed by atoms with E-state index in [0.717, 1.165) is 17.1 Å². The van der Waals surface area contributed by atoms with E-state index in [-0.39, 0.29) is 5.91 Å². The van der Waals surface area contributed by atoms with Gasteiger partial charge in [0, 0.05) is 12.4 Å². The van der Waals surface area contributed by atoms with Gasteiger partial charge in [0.15, 0.2) is 0 Å². The molecule has 0 aliphatic carbocycles. The fraction of sp³-hybridized carbons (Fsp3) is 0.500. The Bertz CT molecular complexity index is 464. The van der Waals surface area contributed by atoms with Crippen LogP contribution in [-0.4, -0.2) is 39.0 Å². The summed E-state index contributed by atoms with van der Waals surface area (Å²) >= 11 is 1.72. The van der Waals surface area contributed by atoms with Crippen LogP contribution >= 0.6 is 11.8 Å². The van der Waals surface area contributed by atoms with Crippen molar-refractivity contribution >= 4 is 23.6 Å². The second-order valence-electron chi connectivity index (χ2n) is 4.51. The predicted molar refractivity (Wildman–Crippen MR) is 69.9 cm³/mol. The quantitative estimate of drug-likeness (QED) is 0.774. The number of hydrogen-bond acceptors (Lipinski definition) is 3. The van der Waals surface area contributed by atoms with Crippen LogP contribution in [0.25, 0.3) is 0 Å². The Morgan fingerprint density at radius 2 is 2.06 bits per heavy atom. The number of amides is 1. The molecule has 1 saturated heterocycles. The molecule has 0 aromatic carbocycles. The van der Waals surface area contributed by atoms with E-state index in [1.54, 1.807) is 24.2 Å². The van der Waals surface area contributed by atoms with Crippen molar-refractivity contribution in [1.29, 1.82) is 0 Å². The number of carbonyl (C=O) groups is 2. The fourth-order valence-corrected chi connectivity index (χ4v) is 3.27. The maximum atomic E-state index is 12.1. The van der Waals surface area contributed by atoms with Gasteiger partial charge in [-0.1, -0.05) is 0 Å². The van der Waals surface area contributed by atoms with E-state index < -0.39 is 11.5 Å². The van der Waals surface area contributed by atoms with E-state index >= 15 is 0 Å². The monoisotopic (exact) mass is 268 g/mol. The minimum absolute atomic E-state index is 0.317. The van der Waals surface area contributed by atoms with Gasteiger partial charge in [0.05, 0.1) is 5.56 Å². The molecular weight excluding hydrogens is 252 g/mol. The Hall–Kier alpha value is -1.43. The van der Waals surface area contributed by atoms with Gasteiger partial charge in [-0.3, -0.25) is 4.79 Å². The molecule has 0 atom stereocenters. The summed E-state index contributed by atoms with van der Waals surface area (Å²) < 4.78 is 0. The van der Waals surface area contributed by atoms with Crippen LogP contribution in [0, 0.1) is 6.92 Å². The molecule has 1 aliphatic heterocycles. The lowest BCUT2D eigenvalue weighted by atomic mass is 9.92. The number of thioether (sulfide) groups is 1. The lowest BCUT2D eigenvalue weighted by Gasteiger charge is -2.33. The third-order valence-corrected chi connectivity index (χ3v) is 4.29. The normalized spacial score (nSPS) is 18.3. The van der Waals surface area contributed by atoms with Crippen LogP contribution in [0.3, 0.4) is 0 Å². The number of carbonyl (C=O) groups excluding carboxylic acids is 1. The molecule has 98 valence electrons. The molecule has 0 unspecified atom stereocenters. The summed E-state index contributed by atoms with van der Waals surface area (Å²) in [6, 6.07) is 0. The average molecular weight is 268 g/mol. The number of carboxylic acids is 1. The van der Waals surface area contributed by atoms with Gasteiger partial charge in [-0.2, -0.15) is 11.8 Å². The molecule has 0 radical (unpaired) electrons. The summed E-state index contributed by atoms with van der Waals surface area (Å²) in [5.41, 5.74) is 0.221. The Kier molecular flexibility index (Phi) is 3.65. The van der Waals surface area contributed by atoms with Gasteiger partial charge in [-0.25, -0.2) is 4.79 Å². The van der Waals surface area contributed by atoms with Crippen molar-refractivity contribution in [2.75, 3.05) is 11.5 Å². The van der Waals surface area contributed by atoms with Gasteiger partial charge in [-0.15, -0.1) is 0 Å². The second kappa shape index (κ2) is 5.06. The van der Waals surface area contributed by atoms with Crippen LogP contribution in [-0.2, 0) is 4.79 Å². The molecule has 5 nitrogen and oxygen atoms in total. The zero-order chi connectivity index (χ0) is 13.2. The van der Waals surface area contributed by atoms with E-state index in [1.165, 1.54) is 0 Å². The van der Waals surface area contributed by atoms with E-state index in [4.69, 9.17) is 0 Å². The molecular formula is C12H16N2O3S. The van der Waals surface area contributed by atoms with Gasteiger partial charge in [0.2, 0.25) is 0 Å².